The van der Waals surface area contributed by atoms with Crippen molar-refractivity contribution >= 4 is 5.91 Å². The monoisotopic (exact) mass is 407 g/mol. The Morgan fingerprint density at radius 1 is 1.23 bits per heavy atom. The number of carbonyl (C=O) groups excluding carboxylic acids is 1. The topological polar surface area (TPSA) is 67.4 Å². The van der Waals surface area contributed by atoms with E-state index in [1.165, 1.54) is 18.4 Å². The van der Waals surface area contributed by atoms with Crippen molar-refractivity contribution in [2.45, 2.75) is 32.4 Å². The van der Waals surface area contributed by atoms with E-state index in [9.17, 15) is 4.79 Å². The lowest BCUT2D eigenvalue weighted by Gasteiger charge is -2.31. The summed E-state index contributed by atoms with van der Waals surface area (Å²) in [6, 6.07) is 12.5. The van der Waals surface area contributed by atoms with Crippen LogP contribution in [0.25, 0.3) is 0 Å². The van der Waals surface area contributed by atoms with E-state index in [0.717, 1.165) is 37.0 Å². The Morgan fingerprint density at radius 3 is 2.70 bits per heavy atom. The molecule has 1 saturated heterocycles. The largest absolute Gasteiger partial charge is 0.359 e. The highest BCUT2D eigenvalue weighted by Crippen LogP contribution is 2.23. The SMILES string of the molecule is CN(Cc1nccn1C)C(=O)c1cc(CN2CCC(Cc3ccccc3)CC2)on1. The summed E-state index contributed by atoms with van der Waals surface area (Å²) < 4.78 is 7.36. The zero-order chi connectivity index (χ0) is 20.9. The third-order valence-corrected chi connectivity index (χ3v) is 5.88. The van der Waals surface area contributed by atoms with Gasteiger partial charge in [0.25, 0.3) is 5.91 Å². The van der Waals surface area contributed by atoms with Crippen LogP contribution in [0.3, 0.4) is 0 Å². The Kier molecular flexibility index (Phi) is 6.28. The molecule has 3 aromatic rings. The second-order valence-corrected chi connectivity index (χ2v) is 8.20. The molecule has 1 aliphatic rings. The number of piperidine rings is 1. The van der Waals surface area contributed by atoms with Crippen LogP contribution in [0, 0.1) is 5.92 Å². The molecule has 0 unspecified atom stereocenters. The summed E-state index contributed by atoms with van der Waals surface area (Å²) in [6.07, 6.45) is 7.11. The molecular formula is C23H29N5O2. The van der Waals surface area contributed by atoms with Gasteiger partial charge < -0.3 is 14.0 Å². The highest BCUT2D eigenvalue weighted by molar-refractivity contribution is 5.91. The van der Waals surface area contributed by atoms with Crippen molar-refractivity contribution in [3.63, 3.8) is 0 Å². The van der Waals surface area contributed by atoms with Crippen molar-refractivity contribution in [2.75, 3.05) is 20.1 Å². The van der Waals surface area contributed by atoms with E-state index >= 15 is 0 Å². The molecule has 1 aliphatic heterocycles. The molecule has 0 aliphatic carbocycles. The summed E-state index contributed by atoms with van der Waals surface area (Å²) in [7, 11) is 3.67. The maximum Gasteiger partial charge on any atom is 0.276 e. The molecule has 1 amide bonds. The molecule has 4 rings (SSSR count). The van der Waals surface area contributed by atoms with Gasteiger partial charge in [0.15, 0.2) is 11.5 Å². The molecule has 1 aromatic carbocycles. The number of rotatable bonds is 7. The number of imidazole rings is 1. The third kappa shape index (κ3) is 4.97. The predicted octanol–water partition coefficient (Wildman–Crippen LogP) is 3.14. The van der Waals surface area contributed by atoms with Gasteiger partial charge in [0.2, 0.25) is 0 Å². The number of amides is 1. The maximum absolute atomic E-state index is 12.7. The lowest BCUT2D eigenvalue weighted by Crippen LogP contribution is -2.33. The second-order valence-electron chi connectivity index (χ2n) is 8.20. The van der Waals surface area contributed by atoms with Crippen LogP contribution in [-0.2, 0) is 26.6 Å². The first-order valence-corrected chi connectivity index (χ1v) is 10.5. The molecule has 0 radical (unpaired) electrons. The fourth-order valence-corrected chi connectivity index (χ4v) is 4.03. The molecule has 0 saturated carbocycles. The lowest BCUT2D eigenvalue weighted by atomic mass is 9.90. The van der Waals surface area contributed by atoms with Gasteiger partial charge in [-0.05, 0) is 43.8 Å². The van der Waals surface area contributed by atoms with E-state index in [1.54, 1.807) is 24.2 Å². The average molecular weight is 408 g/mol. The molecule has 30 heavy (non-hydrogen) atoms. The van der Waals surface area contributed by atoms with Crippen molar-refractivity contribution < 1.29 is 9.32 Å². The number of aromatic nitrogens is 3. The van der Waals surface area contributed by atoms with E-state index in [2.05, 4.69) is 45.4 Å². The molecule has 7 heteroatoms. The minimum Gasteiger partial charge on any atom is -0.359 e. The number of aryl methyl sites for hydroxylation is 1. The first-order valence-electron chi connectivity index (χ1n) is 10.5. The van der Waals surface area contributed by atoms with Gasteiger partial charge in [0.1, 0.15) is 5.82 Å². The van der Waals surface area contributed by atoms with Gasteiger partial charge >= 0.3 is 0 Å². The van der Waals surface area contributed by atoms with Gasteiger partial charge in [0, 0.05) is 32.6 Å². The average Bonchev–Trinajstić information content (AvgIpc) is 3.39. The summed E-state index contributed by atoms with van der Waals surface area (Å²) in [5, 5.41) is 4.01. The zero-order valence-corrected chi connectivity index (χ0v) is 17.7. The zero-order valence-electron chi connectivity index (χ0n) is 17.7. The summed E-state index contributed by atoms with van der Waals surface area (Å²) in [5.41, 5.74) is 1.77. The summed E-state index contributed by atoms with van der Waals surface area (Å²) in [6.45, 7) is 3.21. The minimum absolute atomic E-state index is 0.158. The van der Waals surface area contributed by atoms with E-state index in [1.807, 2.05) is 17.8 Å². The van der Waals surface area contributed by atoms with Crippen LogP contribution in [0.4, 0.5) is 0 Å². The van der Waals surface area contributed by atoms with Crippen LogP contribution in [0.1, 0.15) is 40.5 Å². The first kappa shape index (κ1) is 20.3. The molecule has 0 atom stereocenters. The molecule has 3 heterocycles. The Bertz CT molecular complexity index is 957. The van der Waals surface area contributed by atoms with Gasteiger partial charge in [-0.3, -0.25) is 9.69 Å². The molecule has 158 valence electrons. The fraction of sp³-hybridized carbons (Fsp3) is 0.435. The molecule has 2 aromatic heterocycles. The van der Waals surface area contributed by atoms with Crippen LogP contribution in [0.15, 0.2) is 53.3 Å². The van der Waals surface area contributed by atoms with Crippen molar-refractivity contribution in [1.82, 2.24) is 24.5 Å². The van der Waals surface area contributed by atoms with Crippen LogP contribution in [-0.4, -0.2) is 50.6 Å². The number of nitrogens with zero attached hydrogens (tertiary/aromatic N) is 5. The number of hydrogen-bond donors (Lipinski definition) is 0. The minimum atomic E-state index is -0.158. The smallest absolute Gasteiger partial charge is 0.276 e. The van der Waals surface area contributed by atoms with Gasteiger partial charge in [-0.1, -0.05) is 35.5 Å². The Balaban J connectivity index is 1.26. The lowest BCUT2D eigenvalue weighted by molar-refractivity contribution is 0.0770. The van der Waals surface area contributed by atoms with E-state index in [4.69, 9.17) is 4.52 Å². The van der Waals surface area contributed by atoms with Crippen LogP contribution in [0.5, 0.6) is 0 Å². The van der Waals surface area contributed by atoms with Gasteiger partial charge in [-0.2, -0.15) is 0 Å². The fourth-order valence-electron chi connectivity index (χ4n) is 4.03. The quantitative estimate of drug-likeness (QED) is 0.602. The predicted molar refractivity (Wildman–Crippen MR) is 114 cm³/mol. The van der Waals surface area contributed by atoms with Gasteiger partial charge in [-0.15, -0.1) is 0 Å². The van der Waals surface area contributed by atoms with Crippen LogP contribution >= 0.6 is 0 Å². The standard InChI is InChI=1S/C23H29N5O2/c1-26-13-10-24-22(26)17-27(2)23(29)21-15-20(30-25-21)16-28-11-8-19(9-12-28)14-18-6-4-3-5-7-18/h3-7,10,13,15,19H,8-9,11-12,14,16-17H2,1-2H3. The Morgan fingerprint density at radius 2 is 2.00 bits per heavy atom. The normalized spacial score (nSPS) is 15.4. The van der Waals surface area contributed by atoms with Crippen molar-refractivity contribution in [3.05, 3.63) is 71.6 Å². The molecule has 0 N–H and O–H groups in total. The number of likely N-dealkylation sites (tertiary alicyclic amines) is 1. The van der Waals surface area contributed by atoms with Crippen LogP contribution in [0.2, 0.25) is 0 Å². The summed E-state index contributed by atoms with van der Waals surface area (Å²) in [5.74, 6) is 2.14. The van der Waals surface area contributed by atoms with E-state index < -0.39 is 0 Å². The van der Waals surface area contributed by atoms with E-state index in [0.29, 0.717) is 18.8 Å². The number of benzene rings is 1. The number of hydrogen-bond acceptors (Lipinski definition) is 5. The van der Waals surface area contributed by atoms with Crippen molar-refractivity contribution in [2.24, 2.45) is 13.0 Å². The summed E-state index contributed by atoms with van der Waals surface area (Å²) >= 11 is 0. The molecular weight excluding hydrogens is 378 g/mol. The Labute approximate surface area is 177 Å². The molecule has 0 spiro atoms. The molecule has 7 nitrogen and oxygen atoms in total. The maximum atomic E-state index is 12.7. The van der Waals surface area contributed by atoms with Gasteiger partial charge in [-0.25, -0.2) is 4.98 Å². The van der Waals surface area contributed by atoms with E-state index in [-0.39, 0.29) is 5.91 Å². The Hall–Kier alpha value is -2.93. The second kappa shape index (κ2) is 9.26. The van der Waals surface area contributed by atoms with Crippen molar-refractivity contribution in [1.29, 1.82) is 0 Å². The third-order valence-electron chi connectivity index (χ3n) is 5.88. The summed E-state index contributed by atoms with van der Waals surface area (Å²) in [4.78, 5) is 20.9. The highest BCUT2D eigenvalue weighted by atomic mass is 16.5. The first-order chi connectivity index (χ1) is 14.6. The van der Waals surface area contributed by atoms with Gasteiger partial charge in [0.05, 0.1) is 13.1 Å². The molecule has 1 fully saturated rings. The highest BCUT2D eigenvalue weighted by Gasteiger charge is 2.22. The van der Waals surface area contributed by atoms with Crippen LogP contribution < -0.4 is 0 Å². The number of carbonyl (C=O) groups is 1. The van der Waals surface area contributed by atoms with Crippen molar-refractivity contribution in [3.8, 4) is 0 Å². The molecule has 0 bridgehead atoms.